The van der Waals surface area contributed by atoms with Gasteiger partial charge in [0.1, 0.15) is 6.61 Å². The number of rotatable bonds is 5. The molecule has 0 fully saturated rings. The smallest absolute Gasteiger partial charge is 0.370 e. The maximum Gasteiger partial charge on any atom is 0.455 e. The van der Waals surface area contributed by atoms with E-state index in [0.717, 1.165) is 5.56 Å². The lowest BCUT2D eigenvalue weighted by Gasteiger charge is -2.19. The standard InChI is InChI=1S/C11H11ClF5NO/c12-9-3-7(4-18)1-2-8(9)5-19-6-10(13,14)11(15,16)17/h1-3H,4-6,18H2. The minimum Gasteiger partial charge on any atom is -0.370 e. The van der Waals surface area contributed by atoms with Crippen molar-refractivity contribution in [2.45, 2.75) is 25.3 Å². The molecule has 0 aliphatic rings. The third-order valence-electron chi connectivity index (χ3n) is 2.31. The molecule has 0 heterocycles. The fraction of sp³-hybridized carbons (Fsp3) is 0.455. The highest BCUT2D eigenvalue weighted by atomic mass is 35.5. The van der Waals surface area contributed by atoms with E-state index >= 15 is 0 Å². The second kappa shape index (κ2) is 6.02. The van der Waals surface area contributed by atoms with E-state index in [2.05, 4.69) is 4.74 Å². The zero-order chi connectivity index (χ0) is 14.7. The molecule has 0 aromatic heterocycles. The molecule has 0 bridgehead atoms. The molecule has 0 aliphatic carbocycles. The number of alkyl halides is 5. The molecule has 19 heavy (non-hydrogen) atoms. The van der Waals surface area contributed by atoms with Crippen LogP contribution in [-0.2, 0) is 17.9 Å². The highest BCUT2D eigenvalue weighted by molar-refractivity contribution is 6.31. The summed E-state index contributed by atoms with van der Waals surface area (Å²) < 4.78 is 65.1. The lowest BCUT2D eigenvalue weighted by molar-refractivity contribution is -0.297. The molecular formula is C11H11ClF5NO. The van der Waals surface area contributed by atoms with E-state index in [1.54, 1.807) is 6.07 Å². The Morgan fingerprint density at radius 2 is 1.79 bits per heavy atom. The summed E-state index contributed by atoms with van der Waals surface area (Å²) in [5.74, 6) is -4.88. The first-order valence-corrected chi connectivity index (χ1v) is 5.55. The van der Waals surface area contributed by atoms with Crippen molar-refractivity contribution in [2.75, 3.05) is 6.61 Å². The molecule has 0 spiro atoms. The molecule has 8 heteroatoms. The van der Waals surface area contributed by atoms with Gasteiger partial charge >= 0.3 is 12.1 Å². The first-order chi connectivity index (χ1) is 8.67. The van der Waals surface area contributed by atoms with Gasteiger partial charge in [0.25, 0.3) is 0 Å². The van der Waals surface area contributed by atoms with Crippen molar-refractivity contribution in [3.8, 4) is 0 Å². The van der Waals surface area contributed by atoms with Crippen LogP contribution in [0.1, 0.15) is 11.1 Å². The number of nitrogens with two attached hydrogens (primary N) is 1. The second-order valence-electron chi connectivity index (χ2n) is 3.82. The Hall–Kier alpha value is -0.920. The first kappa shape index (κ1) is 16.1. The van der Waals surface area contributed by atoms with Gasteiger partial charge < -0.3 is 10.5 Å². The van der Waals surface area contributed by atoms with Crippen LogP contribution in [-0.4, -0.2) is 18.7 Å². The van der Waals surface area contributed by atoms with Gasteiger partial charge in [-0.1, -0.05) is 23.7 Å². The van der Waals surface area contributed by atoms with E-state index < -0.39 is 25.3 Å². The van der Waals surface area contributed by atoms with E-state index in [0.29, 0.717) is 5.56 Å². The molecule has 2 nitrogen and oxygen atoms in total. The van der Waals surface area contributed by atoms with Gasteiger partial charge in [-0.15, -0.1) is 0 Å². The summed E-state index contributed by atoms with van der Waals surface area (Å²) in [5, 5.41) is 0.207. The number of halogens is 6. The van der Waals surface area contributed by atoms with E-state index in [-0.39, 0.29) is 11.6 Å². The van der Waals surface area contributed by atoms with Gasteiger partial charge in [-0.05, 0) is 17.2 Å². The Morgan fingerprint density at radius 3 is 2.26 bits per heavy atom. The monoisotopic (exact) mass is 303 g/mol. The average molecular weight is 304 g/mol. The second-order valence-corrected chi connectivity index (χ2v) is 4.23. The van der Waals surface area contributed by atoms with E-state index in [4.69, 9.17) is 17.3 Å². The van der Waals surface area contributed by atoms with Gasteiger partial charge in [-0.3, -0.25) is 0 Å². The van der Waals surface area contributed by atoms with Crippen molar-refractivity contribution in [1.82, 2.24) is 0 Å². The Labute approximate surface area is 111 Å². The zero-order valence-electron chi connectivity index (χ0n) is 9.61. The Bertz CT molecular complexity index is 436. The highest BCUT2D eigenvalue weighted by Crippen LogP contribution is 2.35. The van der Waals surface area contributed by atoms with Crippen molar-refractivity contribution in [3.05, 3.63) is 34.3 Å². The van der Waals surface area contributed by atoms with E-state index in [9.17, 15) is 22.0 Å². The highest BCUT2D eigenvalue weighted by Gasteiger charge is 2.57. The van der Waals surface area contributed by atoms with E-state index in [1.807, 2.05) is 0 Å². The van der Waals surface area contributed by atoms with Gasteiger partial charge in [0.15, 0.2) is 0 Å². The largest absolute Gasteiger partial charge is 0.455 e. The molecule has 1 aromatic rings. The molecule has 0 atom stereocenters. The minimum absolute atomic E-state index is 0.207. The molecule has 0 saturated heterocycles. The van der Waals surface area contributed by atoms with Crippen LogP contribution in [0, 0.1) is 0 Å². The Balaban J connectivity index is 2.59. The predicted molar refractivity (Wildman–Crippen MR) is 60.0 cm³/mol. The summed E-state index contributed by atoms with van der Waals surface area (Å²) in [7, 11) is 0. The zero-order valence-corrected chi connectivity index (χ0v) is 10.4. The summed E-state index contributed by atoms with van der Waals surface area (Å²) >= 11 is 5.80. The molecule has 2 N–H and O–H groups in total. The van der Waals surface area contributed by atoms with Gasteiger partial charge in [0.2, 0.25) is 0 Å². The topological polar surface area (TPSA) is 35.2 Å². The molecule has 1 aromatic carbocycles. The van der Waals surface area contributed by atoms with Crippen LogP contribution in [0.3, 0.4) is 0 Å². The Kier molecular flexibility index (Phi) is 5.11. The molecular weight excluding hydrogens is 293 g/mol. The fourth-order valence-electron chi connectivity index (χ4n) is 1.21. The van der Waals surface area contributed by atoms with Gasteiger partial charge in [-0.25, -0.2) is 0 Å². The summed E-state index contributed by atoms with van der Waals surface area (Å²) in [6.07, 6.45) is -5.62. The van der Waals surface area contributed by atoms with Gasteiger partial charge in [0, 0.05) is 11.6 Å². The lowest BCUT2D eigenvalue weighted by Crippen LogP contribution is -2.40. The molecule has 0 radical (unpaired) electrons. The lowest BCUT2D eigenvalue weighted by atomic mass is 10.1. The van der Waals surface area contributed by atoms with Gasteiger partial charge in [-0.2, -0.15) is 22.0 Å². The van der Waals surface area contributed by atoms with Crippen LogP contribution in [0.4, 0.5) is 22.0 Å². The van der Waals surface area contributed by atoms with Crippen molar-refractivity contribution in [2.24, 2.45) is 5.73 Å². The quantitative estimate of drug-likeness (QED) is 0.845. The Morgan fingerprint density at radius 1 is 1.16 bits per heavy atom. The summed E-state index contributed by atoms with van der Waals surface area (Å²) in [6, 6.07) is 4.56. The summed E-state index contributed by atoms with van der Waals surface area (Å²) in [6.45, 7) is -1.94. The molecule has 1 rings (SSSR count). The molecule has 0 unspecified atom stereocenters. The average Bonchev–Trinajstić information content (AvgIpc) is 2.29. The normalized spacial score (nSPS) is 12.8. The maximum atomic E-state index is 12.6. The third-order valence-corrected chi connectivity index (χ3v) is 2.66. The number of hydrogen-bond acceptors (Lipinski definition) is 2. The SMILES string of the molecule is NCc1ccc(COCC(F)(F)C(F)(F)F)c(Cl)c1. The van der Waals surface area contributed by atoms with Crippen LogP contribution in [0.15, 0.2) is 18.2 Å². The summed E-state index contributed by atoms with van der Waals surface area (Å²) in [4.78, 5) is 0. The van der Waals surface area contributed by atoms with Crippen LogP contribution in [0.2, 0.25) is 5.02 Å². The van der Waals surface area contributed by atoms with Crippen molar-refractivity contribution in [1.29, 1.82) is 0 Å². The van der Waals surface area contributed by atoms with E-state index in [1.165, 1.54) is 12.1 Å². The maximum absolute atomic E-state index is 12.6. The van der Waals surface area contributed by atoms with Crippen LogP contribution < -0.4 is 5.73 Å². The minimum atomic E-state index is -5.62. The molecule has 0 saturated carbocycles. The van der Waals surface area contributed by atoms with Gasteiger partial charge in [0.05, 0.1) is 6.61 Å². The van der Waals surface area contributed by atoms with Crippen LogP contribution in [0.25, 0.3) is 0 Å². The first-order valence-electron chi connectivity index (χ1n) is 5.17. The van der Waals surface area contributed by atoms with Crippen molar-refractivity contribution in [3.63, 3.8) is 0 Å². The number of ether oxygens (including phenoxy) is 1. The van der Waals surface area contributed by atoms with Crippen molar-refractivity contribution >= 4 is 11.6 Å². The third kappa shape index (κ3) is 4.29. The molecule has 0 aliphatic heterocycles. The summed E-state index contributed by atoms with van der Waals surface area (Å²) in [5.41, 5.74) is 6.39. The molecule has 108 valence electrons. The van der Waals surface area contributed by atoms with Crippen molar-refractivity contribution < 1.29 is 26.7 Å². The predicted octanol–water partition coefficient (Wildman–Crippen LogP) is 3.51. The fourth-order valence-corrected chi connectivity index (χ4v) is 1.46. The number of benzene rings is 1. The van der Waals surface area contributed by atoms with Crippen LogP contribution >= 0.6 is 11.6 Å². The van der Waals surface area contributed by atoms with Crippen LogP contribution in [0.5, 0.6) is 0 Å². The molecule has 0 amide bonds. The number of hydrogen-bond donors (Lipinski definition) is 1.